The van der Waals surface area contributed by atoms with Gasteiger partial charge in [0.2, 0.25) is 0 Å². The summed E-state index contributed by atoms with van der Waals surface area (Å²) in [6, 6.07) is 19.4. The van der Waals surface area contributed by atoms with Crippen LogP contribution in [-0.4, -0.2) is 28.5 Å². The maximum Gasteiger partial charge on any atom is 0.171 e. The Morgan fingerprint density at radius 3 is 2.47 bits per heavy atom. The minimum Gasteiger partial charge on any atom is -0.494 e. The van der Waals surface area contributed by atoms with Gasteiger partial charge in [-0.2, -0.15) is 0 Å². The average molecular weight is 488 g/mol. The molecule has 7 nitrogen and oxygen atoms in total. The highest BCUT2D eigenvalue weighted by atomic mass is 19.1. The van der Waals surface area contributed by atoms with Crippen LogP contribution in [0.4, 0.5) is 10.1 Å². The number of nitrogens with two attached hydrogens (primary N) is 1. The van der Waals surface area contributed by atoms with Crippen LogP contribution < -0.4 is 20.5 Å². The van der Waals surface area contributed by atoms with E-state index in [-0.39, 0.29) is 17.7 Å². The third kappa shape index (κ3) is 5.66. The molecule has 1 heterocycles. The van der Waals surface area contributed by atoms with Crippen LogP contribution in [-0.2, 0) is 0 Å². The maximum absolute atomic E-state index is 15.9. The second-order valence-electron chi connectivity index (χ2n) is 8.53. The van der Waals surface area contributed by atoms with E-state index in [9.17, 15) is 0 Å². The standard InChI is InChI=1S/C28H30FN5O2/c1-4-35-21-14-22(25(29)24(15-21)36-17(2)3)26(33-20-12-10-19(11-13-20)27(30)31)28-32-16-23(34-28)18-8-6-5-7-9-18/h5-17,26,33H,4H2,1-3H3,(H3,30,31)(H,32,34). The fourth-order valence-electron chi connectivity index (χ4n) is 3.84. The second-order valence-corrected chi connectivity index (χ2v) is 8.53. The topological polar surface area (TPSA) is 109 Å². The summed E-state index contributed by atoms with van der Waals surface area (Å²) < 4.78 is 27.4. The van der Waals surface area contributed by atoms with E-state index in [0.717, 1.165) is 11.3 Å². The van der Waals surface area contributed by atoms with Gasteiger partial charge in [-0.05, 0) is 51.1 Å². The molecule has 8 heteroatoms. The quantitative estimate of drug-likeness (QED) is 0.165. The molecule has 0 spiro atoms. The van der Waals surface area contributed by atoms with E-state index < -0.39 is 11.9 Å². The molecule has 1 unspecified atom stereocenters. The maximum atomic E-state index is 15.9. The number of ether oxygens (including phenoxy) is 2. The number of nitrogen functional groups attached to an aromatic ring is 1. The van der Waals surface area contributed by atoms with Crippen molar-refractivity contribution in [3.8, 4) is 22.8 Å². The number of rotatable bonds is 10. The Morgan fingerprint density at radius 2 is 1.83 bits per heavy atom. The number of hydrogen-bond donors (Lipinski definition) is 4. The molecule has 0 saturated heterocycles. The Bertz CT molecular complexity index is 1320. The molecule has 0 amide bonds. The summed E-state index contributed by atoms with van der Waals surface area (Å²) in [5.74, 6) is 0.607. The van der Waals surface area contributed by atoms with E-state index in [1.54, 1.807) is 42.6 Å². The number of imidazole rings is 1. The summed E-state index contributed by atoms with van der Waals surface area (Å²) >= 11 is 0. The molecule has 3 aromatic carbocycles. The van der Waals surface area contributed by atoms with Crippen LogP contribution in [0.2, 0.25) is 0 Å². The van der Waals surface area contributed by atoms with Crippen LogP contribution in [0.3, 0.4) is 0 Å². The highest BCUT2D eigenvalue weighted by molar-refractivity contribution is 5.95. The average Bonchev–Trinajstić information content (AvgIpc) is 3.35. The minimum absolute atomic E-state index is 0.0254. The summed E-state index contributed by atoms with van der Waals surface area (Å²) in [5, 5.41) is 11.0. The van der Waals surface area contributed by atoms with Gasteiger partial charge in [-0.1, -0.05) is 30.3 Å². The lowest BCUT2D eigenvalue weighted by Crippen LogP contribution is -2.18. The van der Waals surface area contributed by atoms with Crippen molar-refractivity contribution >= 4 is 11.5 Å². The van der Waals surface area contributed by atoms with Crippen LogP contribution in [0.5, 0.6) is 11.5 Å². The van der Waals surface area contributed by atoms with Crippen LogP contribution in [0.1, 0.15) is 43.8 Å². The van der Waals surface area contributed by atoms with Gasteiger partial charge < -0.3 is 25.5 Å². The van der Waals surface area contributed by atoms with Crippen LogP contribution in [0, 0.1) is 11.2 Å². The third-order valence-corrected chi connectivity index (χ3v) is 5.47. The molecule has 5 N–H and O–H groups in total. The van der Waals surface area contributed by atoms with Crippen LogP contribution in [0.15, 0.2) is 72.9 Å². The summed E-state index contributed by atoms with van der Waals surface area (Å²) in [7, 11) is 0. The van der Waals surface area contributed by atoms with Gasteiger partial charge in [0.15, 0.2) is 11.6 Å². The lowest BCUT2D eigenvalue weighted by atomic mass is 10.0. The van der Waals surface area contributed by atoms with Crippen molar-refractivity contribution in [1.82, 2.24) is 9.97 Å². The zero-order valence-corrected chi connectivity index (χ0v) is 20.5. The van der Waals surface area contributed by atoms with Gasteiger partial charge in [0.1, 0.15) is 23.5 Å². The first kappa shape index (κ1) is 24.8. The first-order valence-electron chi connectivity index (χ1n) is 11.8. The van der Waals surface area contributed by atoms with Gasteiger partial charge in [0, 0.05) is 34.6 Å². The SMILES string of the molecule is CCOc1cc(OC(C)C)c(F)c(C(Nc2ccc(C(=N)N)cc2)c2nc(-c3ccccc3)c[nH]2)c1. The molecule has 4 rings (SSSR count). The molecular weight excluding hydrogens is 457 g/mol. The number of hydrogen-bond acceptors (Lipinski definition) is 5. The number of amidine groups is 1. The van der Waals surface area contributed by atoms with E-state index in [4.69, 9.17) is 25.6 Å². The highest BCUT2D eigenvalue weighted by Crippen LogP contribution is 2.36. The monoisotopic (exact) mass is 487 g/mol. The number of aromatic amines is 1. The van der Waals surface area contributed by atoms with E-state index in [0.29, 0.717) is 35.0 Å². The van der Waals surface area contributed by atoms with Crippen molar-refractivity contribution in [2.75, 3.05) is 11.9 Å². The summed E-state index contributed by atoms with van der Waals surface area (Å²) in [5.41, 5.74) is 8.90. The lowest BCUT2D eigenvalue weighted by molar-refractivity contribution is 0.228. The first-order valence-corrected chi connectivity index (χ1v) is 11.8. The van der Waals surface area contributed by atoms with Gasteiger partial charge in [0.05, 0.1) is 18.4 Å². The summed E-state index contributed by atoms with van der Waals surface area (Å²) in [6.07, 6.45) is 1.58. The largest absolute Gasteiger partial charge is 0.494 e. The summed E-state index contributed by atoms with van der Waals surface area (Å²) in [4.78, 5) is 8.00. The number of nitrogens with one attached hydrogen (secondary N) is 3. The molecule has 36 heavy (non-hydrogen) atoms. The molecule has 0 fully saturated rings. The van der Waals surface area contributed by atoms with E-state index in [1.165, 1.54) is 0 Å². The molecule has 0 saturated carbocycles. The fraction of sp³-hybridized carbons (Fsp3) is 0.214. The van der Waals surface area contributed by atoms with E-state index in [2.05, 4.69) is 10.3 Å². The van der Waals surface area contributed by atoms with Crippen molar-refractivity contribution in [2.45, 2.75) is 32.9 Å². The van der Waals surface area contributed by atoms with Crippen LogP contribution in [0.25, 0.3) is 11.3 Å². The molecule has 1 atom stereocenters. The number of halogens is 1. The number of nitrogens with zero attached hydrogens (tertiary/aromatic N) is 1. The Morgan fingerprint density at radius 1 is 1.11 bits per heavy atom. The first-order chi connectivity index (χ1) is 17.4. The molecule has 0 bridgehead atoms. The van der Waals surface area contributed by atoms with Crippen molar-refractivity contribution in [2.24, 2.45) is 5.73 Å². The fourth-order valence-corrected chi connectivity index (χ4v) is 3.84. The Kier molecular flexibility index (Phi) is 7.53. The number of aromatic nitrogens is 2. The van der Waals surface area contributed by atoms with E-state index >= 15 is 4.39 Å². The van der Waals surface area contributed by atoms with Gasteiger partial charge in [-0.3, -0.25) is 5.41 Å². The minimum atomic E-state index is -0.694. The normalized spacial score (nSPS) is 11.8. The van der Waals surface area contributed by atoms with Crippen LogP contribution >= 0.6 is 0 Å². The lowest BCUT2D eigenvalue weighted by Gasteiger charge is -2.22. The highest BCUT2D eigenvalue weighted by Gasteiger charge is 2.26. The smallest absolute Gasteiger partial charge is 0.171 e. The molecule has 0 aliphatic carbocycles. The molecule has 1 aromatic heterocycles. The van der Waals surface area contributed by atoms with Gasteiger partial charge in [0.25, 0.3) is 0 Å². The third-order valence-electron chi connectivity index (χ3n) is 5.47. The van der Waals surface area contributed by atoms with E-state index in [1.807, 2.05) is 51.1 Å². The number of anilines is 1. The molecule has 0 aliphatic rings. The van der Waals surface area contributed by atoms with Gasteiger partial charge >= 0.3 is 0 Å². The van der Waals surface area contributed by atoms with Gasteiger partial charge in [-0.15, -0.1) is 0 Å². The zero-order valence-electron chi connectivity index (χ0n) is 20.5. The molecule has 0 radical (unpaired) electrons. The second kappa shape index (κ2) is 10.9. The zero-order chi connectivity index (χ0) is 25.7. The van der Waals surface area contributed by atoms with Gasteiger partial charge in [-0.25, -0.2) is 9.37 Å². The molecule has 186 valence electrons. The van der Waals surface area contributed by atoms with Crippen molar-refractivity contribution in [3.63, 3.8) is 0 Å². The Labute approximate surface area is 210 Å². The molecule has 0 aliphatic heterocycles. The Hall–Kier alpha value is -4.33. The number of H-pyrrole nitrogens is 1. The van der Waals surface area contributed by atoms with Crippen molar-refractivity contribution in [3.05, 3.63) is 95.7 Å². The van der Waals surface area contributed by atoms with Crippen molar-refractivity contribution < 1.29 is 13.9 Å². The summed E-state index contributed by atoms with van der Waals surface area (Å²) in [6.45, 7) is 5.99. The predicted octanol–water partition coefficient (Wildman–Crippen LogP) is 5.89. The van der Waals surface area contributed by atoms with Crippen molar-refractivity contribution in [1.29, 1.82) is 5.41 Å². The molecular formula is C28H30FN5O2. The number of benzene rings is 3. The predicted molar refractivity (Wildman–Crippen MR) is 140 cm³/mol. The Balaban J connectivity index is 1.81. The molecule has 4 aromatic rings.